The molecule has 34 heavy (non-hydrogen) atoms. The van der Waals surface area contributed by atoms with Crippen LogP contribution in [0.5, 0.6) is 0 Å². The summed E-state index contributed by atoms with van der Waals surface area (Å²) in [7, 11) is -3.70. The van der Waals surface area contributed by atoms with Crippen LogP contribution in [0.2, 0.25) is 0 Å². The van der Waals surface area contributed by atoms with Gasteiger partial charge in [-0.2, -0.15) is 4.31 Å². The summed E-state index contributed by atoms with van der Waals surface area (Å²) >= 11 is 0. The number of morpholine rings is 1. The molecule has 2 fully saturated rings. The third-order valence-electron chi connectivity index (χ3n) is 6.12. The average Bonchev–Trinajstić information content (AvgIpc) is 2.81. The highest BCUT2D eigenvalue weighted by Gasteiger charge is 2.30. The normalized spacial score (nSPS) is 18.5. The first-order valence-electron chi connectivity index (χ1n) is 12.0. The number of ether oxygens (including phenoxy) is 2. The van der Waals surface area contributed by atoms with Crippen LogP contribution in [0.25, 0.3) is 0 Å². The lowest BCUT2D eigenvalue weighted by Gasteiger charge is -2.32. The number of rotatable bonds is 6. The van der Waals surface area contributed by atoms with E-state index in [0.717, 1.165) is 12.8 Å². The number of sulfonamides is 1. The van der Waals surface area contributed by atoms with Crippen LogP contribution in [0, 0.1) is 5.92 Å². The second kappa shape index (κ2) is 11.0. The number of hydrogen-bond donors (Lipinski definition) is 1. The van der Waals surface area contributed by atoms with E-state index in [2.05, 4.69) is 5.32 Å². The summed E-state index contributed by atoms with van der Waals surface area (Å²) < 4.78 is 38.5. The fourth-order valence-electron chi connectivity index (χ4n) is 4.21. The Morgan fingerprint density at radius 1 is 1.12 bits per heavy atom. The quantitative estimate of drug-likeness (QED) is 0.651. The minimum Gasteiger partial charge on any atom is -0.444 e. The van der Waals surface area contributed by atoms with E-state index in [1.54, 1.807) is 17.0 Å². The molecule has 1 N–H and O–H groups in total. The first kappa shape index (κ1) is 26.4. The van der Waals surface area contributed by atoms with E-state index in [1.807, 2.05) is 27.7 Å². The SMILES string of the molecule is CCc1ccc(C(=O)N2CCC(CNC(=O)OC(C)(C)C)CC2)cc1S(=O)(=O)N1CCOCC1. The van der Waals surface area contributed by atoms with Crippen molar-refractivity contribution in [3.63, 3.8) is 0 Å². The molecule has 0 bridgehead atoms. The van der Waals surface area contributed by atoms with Crippen LogP contribution in [-0.2, 0) is 25.9 Å². The van der Waals surface area contributed by atoms with Crippen molar-refractivity contribution in [2.45, 2.75) is 57.5 Å². The van der Waals surface area contributed by atoms with E-state index in [0.29, 0.717) is 63.5 Å². The highest BCUT2D eigenvalue weighted by molar-refractivity contribution is 7.89. The van der Waals surface area contributed by atoms with Crippen molar-refractivity contribution >= 4 is 22.0 Å². The highest BCUT2D eigenvalue weighted by Crippen LogP contribution is 2.25. The Morgan fingerprint density at radius 3 is 2.35 bits per heavy atom. The second-order valence-corrected chi connectivity index (χ2v) is 11.7. The lowest BCUT2D eigenvalue weighted by atomic mass is 9.96. The maximum atomic E-state index is 13.3. The van der Waals surface area contributed by atoms with Crippen molar-refractivity contribution < 1.29 is 27.5 Å². The predicted octanol–water partition coefficient (Wildman–Crippen LogP) is 2.65. The van der Waals surface area contributed by atoms with Crippen LogP contribution in [0.1, 0.15) is 56.5 Å². The van der Waals surface area contributed by atoms with E-state index in [9.17, 15) is 18.0 Å². The van der Waals surface area contributed by atoms with Gasteiger partial charge in [-0.1, -0.05) is 13.0 Å². The average molecular weight is 496 g/mol. The Hall–Kier alpha value is -2.17. The van der Waals surface area contributed by atoms with Crippen LogP contribution >= 0.6 is 0 Å². The summed E-state index contributed by atoms with van der Waals surface area (Å²) in [4.78, 5) is 27.0. The number of alkyl carbamates (subject to hydrolysis) is 1. The van der Waals surface area contributed by atoms with Crippen LogP contribution in [0.15, 0.2) is 23.1 Å². The van der Waals surface area contributed by atoms with Crippen molar-refractivity contribution in [2.24, 2.45) is 5.92 Å². The molecule has 0 saturated carbocycles. The third-order valence-corrected chi connectivity index (χ3v) is 8.10. The number of likely N-dealkylation sites (tertiary alicyclic amines) is 1. The summed E-state index contributed by atoms with van der Waals surface area (Å²) in [5.74, 6) is 0.0935. The maximum absolute atomic E-state index is 13.3. The van der Waals surface area contributed by atoms with Crippen molar-refractivity contribution in [3.05, 3.63) is 29.3 Å². The summed E-state index contributed by atoms with van der Waals surface area (Å²) in [5.41, 5.74) is 0.547. The lowest BCUT2D eigenvalue weighted by molar-refractivity contribution is 0.0500. The van der Waals surface area contributed by atoms with Gasteiger partial charge >= 0.3 is 6.09 Å². The molecule has 2 aliphatic heterocycles. The first-order chi connectivity index (χ1) is 16.0. The lowest BCUT2D eigenvalue weighted by Crippen LogP contribution is -2.42. The van der Waals surface area contributed by atoms with Gasteiger partial charge in [-0.25, -0.2) is 13.2 Å². The third kappa shape index (κ3) is 6.70. The minimum absolute atomic E-state index is 0.167. The number of piperidine rings is 1. The molecule has 0 radical (unpaired) electrons. The fourth-order valence-corrected chi connectivity index (χ4v) is 5.94. The Labute approximate surface area is 202 Å². The van der Waals surface area contributed by atoms with Gasteiger partial charge in [0.2, 0.25) is 10.0 Å². The van der Waals surface area contributed by atoms with Gasteiger partial charge in [0.25, 0.3) is 5.91 Å². The van der Waals surface area contributed by atoms with Crippen LogP contribution in [0.3, 0.4) is 0 Å². The monoisotopic (exact) mass is 495 g/mol. The zero-order valence-electron chi connectivity index (χ0n) is 20.6. The largest absolute Gasteiger partial charge is 0.444 e. The Kier molecular flexibility index (Phi) is 8.59. The molecule has 1 aromatic carbocycles. The smallest absolute Gasteiger partial charge is 0.407 e. The molecule has 0 aliphatic carbocycles. The molecule has 2 saturated heterocycles. The van der Waals surface area contributed by atoms with Gasteiger partial charge < -0.3 is 19.7 Å². The van der Waals surface area contributed by atoms with E-state index >= 15 is 0 Å². The summed E-state index contributed by atoms with van der Waals surface area (Å²) in [6.07, 6.45) is 1.64. The molecule has 1 aromatic rings. The van der Waals surface area contributed by atoms with E-state index in [-0.39, 0.29) is 16.7 Å². The molecular weight excluding hydrogens is 458 g/mol. The molecule has 2 amide bonds. The Bertz CT molecular complexity index is 975. The van der Waals surface area contributed by atoms with Crippen molar-refractivity contribution in [1.29, 1.82) is 0 Å². The number of carbonyl (C=O) groups is 2. The Balaban J connectivity index is 1.63. The number of benzene rings is 1. The number of nitrogens with zero attached hydrogens (tertiary/aromatic N) is 2. The van der Waals surface area contributed by atoms with Gasteiger partial charge in [0.15, 0.2) is 0 Å². The van der Waals surface area contributed by atoms with Gasteiger partial charge in [0.1, 0.15) is 5.60 Å². The number of carbonyl (C=O) groups excluding carboxylic acids is 2. The number of nitrogens with one attached hydrogen (secondary N) is 1. The minimum atomic E-state index is -3.70. The zero-order chi connectivity index (χ0) is 24.9. The molecule has 2 heterocycles. The highest BCUT2D eigenvalue weighted by atomic mass is 32.2. The molecule has 0 aromatic heterocycles. The number of amides is 2. The molecule has 10 heteroatoms. The molecule has 3 rings (SSSR count). The van der Waals surface area contributed by atoms with Gasteiger partial charge in [-0.15, -0.1) is 0 Å². The molecular formula is C24H37N3O6S. The zero-order valence-corrected chi connectivity index (χ0v) is 21.4. The van der Waals surface area contributed by atoms with Crippen LogP contribution in [-0.4, -0.2) is 81.2 Å². The van der Waals surface area contributed by atoms with Gasteiger partial charge in [-0.05, 0) is 63.6 Å². The second-order valence-electron chi connectivity index (χ2n) is 9.81. The van der Waals surface area contributed by atoms with Gasteiger partial charge in [0, 0.05) is 38.3 Å². The van der Waals surface area contributed by atoms with E-state index in [1.165, 1.54) is 10.4 Å². The molecule has 190 valence electrons. The summed E-state index contributed by atoms with van der Waals surface area (Å²) in [5, 5.41) is 2.81. The van der Waals surface area contributed by atoms with Crippen molar-refractivity contribution in [1.82, 2.24) is 14.5 Å². The van der Waals surface area contributed by atoms with Gasteiger partial charge in [0.05, 0.1) is 18.1 Å². The van der Waals surface area contributed by atoms with Crippen LogP contribution < -0.4 is 5.32 Å². The van der Waals surface area contributed by atoms with E-state index in [4.69, 9.17) is 9.47 Å². The standard InChI is InChI=1S/C24H37N3O6S/c1-5-19-6-7-20(16-21(19)34(30,31)27-12-14-32-15-13-27)22(28)26-10-8-18(9-11-26)17-25-23(29)33-24(2,3)4/h6-7,16,18H,5,8-15,17H2,1-4H3,(H,25,29). The predicted molar refractivity (Wildman–Crippen MR) is 128 cm³/mol. The molecule has 0 unspecified atom stereocenters. The van der Waals surface area contributed by atoms with E-state index < -0.39 is 21.7 Å². The van der Waals surface area contributed by atoms with Gasteiger partial charge in [-0.3, -0.25) is 4.79 Å². The van der Waals surface area contributed by atoms with Crippen LogP contribution in [0.4, 0.5) is 4.79 Å². The Morgan fingerprint density at radius 2 is 1.76 bits per heavy atom. The van der Waals surface area contributed by atoms with Crippen molar-refractivity contribution in [3.8, 4) is 0 Å². The fraction of sp³-hybridized carbons (Fsp3) is 0.667. The van der Waals surface area contributed by atoms with Crippen molar-refractivity contribution in [2.75, 3.05) is 45.9 Å². The summed E-state index contributed by atoms with van der Waals surface area (Å²) in [6, 6.07) is 5.00. The molecule has 9 nitrogen and oxygen atoms in total. The number of aryl methyl sites for hydroxylation is 1. The molecule has 0 spiro atoms. The molecule has 0 atom stereocenters. The molecule has 2 aliphatic rings. The maximum Gasteiger partial charge on any atom is 0.407 e. The number of hydrogen-bond acceptors (Lipinski definition) is 6. The topological polar surface area (TPSA) is 105 Å². The summed E-state index contributed by atoms with van der Waals surface area (Å²) in [6.45, 7) is 10.4. The first-order valence-corrected chi connectivity index (χ1v) is 13.4.